The molecule has 0 amide bonds. The van der Waals surface area contributed by atoms with Crippen LogP contribution in [0.1, 0.15) is 24.8 Å². The number of carbonyl (C=O) groups is 1. The van der Waals surface area contributed by atoms with Crippen LogP contribution in [0.15, 0.2) is 18.2 Å². The molecule has 1 aromatic carbocycles. The normalized spacial score (nSPS) is 21.6. The Kier molecular flexibility index (Phi) is 5.59. The Hall–Kier alpha value is -1.79. The van der Waals surface area contributed by atoms with Gasteiger partial charge in [-0.3, -0.25) is 4.79 Å². The Morgan fingerprint density at radius 2 is 1.58 bits per heavy atom. The highest BCUT2D eigenvalue weighted by Gasteiger charge is 2.16. The van der Waals surface area contributed by atoms with Gasteiger partial charge in [-0.15, -0.1) is 0 Å². The fourth-order valence-corrected chi connectivity index (χ4v) is 2.08. The van der Waals surface area contributed by atoms with Gasteiger partial charge in [-0.1, -0.05) is 0 Å². The van der Waals surface area contributed by atoms with Gasteiger partial charge in [0.15, 0.2) is 0 Å². The van der Waals surface area contributed by atoms with E-state index < -0.39 is 5.97 Å². The Morgan fingerprint density at radius 1 is 1.11 bits per heavy atom. The number of carboxylic acid groups (broad SMARTS) is 1. The summed E-state index contributed by atoms with van der Waals surface area (Å²) in [5, 5.41) is 8.47. The van der Waals surface area contributed by atoms with Crippen molar-refractivity contribution >= 4 is 17.3 Å². The second-order valence-corrected chi connectivity index (χ2v) is 4.91. The van der Waals surface area contributed by atoms with Gasteiger partial charge in [-0.25, -0.2) is 0 Å². The highest BCUT2D eigenvalue weighted by Crippen LogP contribution is 2.14. The van der Waals surface area contributed by atoms with Gasteiger partial charge in [0, 0.05) is 23.5 Å². The highest BCUT2D eigenvalue weighted by atomic mass is 16.4. The number of aliphatic carboxylic acids is 1. The van der Waals surface area contributed by atoms with Crippen LogP contribution in [0.2, 0.25) is 0 Å². The number of benzene rings is 1. The molecule has 1 aromatic rings. The predicted octanol–water partition coefficient (Wildman–Crippen LogP) is 0.303. The predicted molar refractivity (Wildman–Crippen MR) is 76.4 cm³/mol. The molecule has 6 heteroatoms. The van der Waals surface area contributed by atoms with Gasteiger partial charge in [0.05, 0.1) is 6.42 Å². The maximum atomic E-state index is 10.3. The minimum atomic E-state index is -0.889. The second-order valence-electron chi connectivity index (χ2n) is 4.91. The average molecular weight is 266 g/mol. The fourth-order valence-electron chi connectivity index (χ4n) is 2.08. The van der Waals surface area contributed by atoms with E-state index in [2.05, 4.69) is 0 Å². The van der Waals surface area contributed by atoms with Crippen molar-refractivity contribution in [3.05, 3.63) is 23.8 Å². The number of anilines is 2. The van der Waals surface area contributed by atoms with Crippen LogP contribution in [-0.4, -0.2) is 23.2 Å². The second kappa shape index (κ2) is 6.96. The van der Waals surface area contributed by atoms with Gasteiger partial charge in [-0.2, -0.15) is 0 Å². The van der Waals surface area contributed by atoms with Crippen LogP contribution >= 0.6 is 0 Å². The van der Waals surface area contributed by atoms with Crippen molar-refractivity contribution in [1.82, 2.24) is 0 Å². The van der Waals surface area contributed by atoms with Crippen LogP contribution in [0.4, 0.5) is 11.4 Å². The molecule has 0 saturated heterocycles. The molecule has 1 aliphatic carbocycles. The maximum absolute atomic E-state index is 10.3. The maximum Gasteiger partial charge on any atom is 0.307 e. The SMILES string of the molecule is N[C@@H]1CC[C@H](N)C1.Nc1cc(N)cc(CC(=O)O)c1. The first-order valence-electron chi connectivity index (χ1n) is 6.24. The molecule has 106 valence electrons. The van der Waals surface area contributed by atoms with E-state index in [4.69, 9.17) is 28.0 Å². The lowest BCUT2D eigenvalue weighted by molar-refractivity contribution is -0.136. The minimum absolute atomic E-state index is 0.0464. The van der Waals surface area contributed by atoms with Crippen molar-refractivity contribution in [2.75, 3.05) is 11.5 Å². The molecule has 6 nitrogen and oxygen atoms in total. The van der Waals surface area contributed by atoms with Crippen molar-refractivity contribution in [3.63, 3.8) is 0 Å². The van der Waals surface area contributed by atoms with E-state index in [1.807, 2.05) is 0 Å². The summed E-state index contributed by atoms with van der Waals surface area (Å²) in [5.74, 6) is -0.889. The third kappa shape index (κ3) is 6.08. The summed E-state index contributed by atoms with van der Waals surface area (Å²) in [5.41, 5.74) is 23.6. The Labute approximate surface area is 112 Å². The molecule has 0 radical (unpaired) electrons. The molecule has 0 aromatic heterocycles. The monoisotopic (exact) mass is 266 g/mol. The summed E-state index contributed by atoms with van der Waals surface area (Å²) < 4.78 is 0. The minimum Gasteiger partial charge on any atom is -0.481 e. The van der Waals surface area contributed by atoms with E-state index in [1.165, 1.54) is 0 Å². The van der Waals surface area contributed by atoms with Crippen LogP contribution in [0, 0.1) is 0 Å². The molecule has 19 heavy (non-hydrogen) atoms. The van der Waals surface area contributed by atoms with Crippen LogP contribution in [0.3, 0.4) is 0 Å². The third-order valence-electron chi connectivity index (χ3n) is 2.91. The van der Waals surface area contributed by atoms with E-state index >= 15 is 0 Å². The first kappa shape index (κ1) is 15.3. The molecule has 1 fully saturated rings. The average Bonchev–Trinajstić information content (AvgIpc) is 2.60. The zero-order valence-electron chi connectivity index (χ0n) is 10.9. The van der Waals surface area contributed by atoms with Gasteiger partial charge in [-0.05, 0) is 43.0 Å². The largest absolute Gasteiger partial charge is 0.481 e. The van der Waals surface area contributed by atoms with Crippen molar-refractivity contribution in [2.24, 2.45) is 11.5 Å². The molecule has 2 atom stereocenters. The highest BCUT2D eigenvalue weighted by molar-refractivity contribution is 5.71. The van der Waals surface area contributed by atoms with Crippen molar-refractivity contribution in [1.29, 1.82) is 0 Å². The molecular weight excluding hydrogens is 244 g/mol. The Balaban J connectivity index is 0.000000218. The van der Waals surface area contributed by atoms with Crippen LogP contribution < -0.4 is 22.9 Å². The molecule has 0 bridgehead atoms. The number of hydrogen-bond donors (Lipinski definition) is 5. The van der Waals surface area contributed by atoms with Gasteiger partial charge in [0.2, 0.25) is 0 Å². The summed E-state index contributed by atoms with van der Waals surface area (Å²) in [7, 11) is 0. The lowest BCUT2D eigenvalue weighted by atomic mass is 10.1. The van der Waals surface area contributed by atoms with Gasteiger partial charge in [0.1, 0.15) is 0 Å². The molecule has 0 aliphatic heterocycles. The molecule has 2 rings (SSSR count). The first-order chi connectivity index (χ1) is 8.86. The number of nitrogens with two attached hydrogens (primary N) is 4. The zero-order valence-corrected chi connectivity index (χ0v) is 10.9. The Bertz CT molecular complexity index is 408. The molecule has 0 unspecified atom stereocenters. The van der Waals surface area contributed by atoms with E-state index in [9.17, 15) is 4.79 Å². The third-order valence-corrected chi connectivity index (χ3v) is 2.91. The van der Waals surface area contributed by atoms with E-state index in [0.717, 1.165) is 19.3 Å². The number of nitrogen functional groups attached to an aromatic ring is 2. The Morgan fingerprint density at radius 3 is 1.89 bits per heavy atom. The van der Waals surface area contributed by atoms with Crippen molar-refractivity contribution in [3.8, 4) is 0 Å². The van der Waals surface area contributed by atoms with Gasteiger partial charge in [0.25, 0.3) is 0 Å². The van der Waals surface area contributed by atoms with E-state index in [1.54, 1.807) is 18.2 Å². The lowest BCUT2D eigenvalue weighted by Gasteiger charge is -2.01. The van der Waals surface area contributed by atoms with Crippen molar-refractivity contribution in [2.45, 2.75) is 37.8 Å². The quantitative estimate of drug-likeness (QED) is 0.487. The smallest absolute Gasteiger partial charge is 0.307 e. The van der Waals surface area contributed by atoms with Gasteiger partial charge < -0.3 is 28.0 Å². The zero-order chi connectivity index (χ0) is 14.4. The van der Waals surface area contributed by atoms with E-state index in [-0.39, 0.29) is 6.42 Å². The van der Waals surface area contributed by atoms with Crippen LogP contribution in [0.5, 0.6) is 0 Å². The van der Waals surface area contributed by atoms with Crippen LogP contribution in [-0.2, 0) is 11.2 Å². The van der Waals surface area contributed by atoms with Crippen LogP contribution in [0.25, 0.3) is 0 Å². The molecule has 0 spiro atoms. The lowest BCUT2D eigenvalue weighted by Crippen LogP contribution is -2.20. The molecular formula is C13H22N4O2. The topological polar surface area (TPSA) is 141 Å². The summed E-state index contributed by atoms with van der Waals surface area (Å²) in [4.78, 5) is 10.3. The summed E-state index contributed by atoms with van der Waals surface area (Å²) >= 11 is 0. The summed E-state index contributed by atoms with van der Waals surface area (Å²) in [6, 6.07) is 5.59. The number of carboxylic acids is 1. The molecule has 0 heterocycles. The molecule has 1 aliphatic rings. The number of hydrogen-bond acceptors (Lipinski definition) is 5. The summed E-state index contributed by atoms with van der Waals surface area (Å²) in [6.07, 6.45) is 3.23. The van der Waals surface area contributed by atoms with Gasteiger partial charge >= 0.3 is 5.97 Å². The van der Waals surface area contributed by atoms with E-state index in [0.29, 0.717) is 29.0 Å². The van der Waals surface area contributed by atoms with Crippen molar-refractivity contribution < 1.29 is 9.90 Å². The number of rotatable bonds is 2. The summed E-state index contributed by atoms with van der Waals surface area (Å²) in [6.45, 7) is 0. The molecule has 1 saturated carbocycles. The first-order valence-corrected chi connectivity index (χ1v) is 6.24. The standard InChI is InChI=1S/C8H10N2O2.C5H12N2/c9-6-1-5(3-8(11)12)2-7(10)4-6;6-4-1-2-5(7)3-4/h1-2,4H,3,9-10H2,(H,11,12);4-5H,1-3,6-7H2/t;4-,5+. The fraction of sp³-hybridized carbons (Fsp3) is 0.462. The molecule has 9 N–H and O–H groups in total.